The first-order valence-corrected chi connectivity index (χ1v) is 6.29. The molecular weight excluding hydrogens is 284 g/mol. The number of aromatic nitrogens is 3. The van der Waals surface area contributed by atoms with Gasteiger partial charge in [0.25, 0.3) is 0 Å². The van der Waals surface area contributed by atoms with Gasteiger partial charge in [-0.2, -0.15) is 0 Å². The van der Waals surface area contributed by atoms with E-state index in [9.17, 15) is 5.11 Å². The second-order valence-electron chi connectivity index (χ2n) is 4.20. The predicted molar refractivity (Wildman–Crippen MR) is 70.1 cm³/mol. The van der Waals surface area contributed by atoms with Crippen molar-refractivity contribution in [2.24, 2.45) is 0 Å². The summed E-state index contributed by atoms with van der Waals surface area (Å²) in [6.45, 7) is 3.78. The molecule has 0 saturated carbocycles. The van der Waals surface area contributed by atoms with Crippen LogP contribution in [0.25, 0.3) is 5.65 Å². The molecule has 2 aromatic heterocycles. The van der Waals surface area contributed by atoms with Gasteiger partial charge in [0.15, 0.2) is 11.5 Å². The second-order valence-corrected chi connectivity index (χ2v) is 5.01. The predicted octanol–water partition coefficient (Wildman–Crippen LogP) is 2.06. The Bertz CT molecular complexity index is 511. The van der Waals surface area contributed by atoms with Crippen LogP contribution in [-0.2, 0) is 0 Å². The fourth-order valence-electron chi connectivity index (χ4n) is 1.80. The summed E-state index contributed by atoms with van der Waals surface area (Å²) < 4.78 is 2.64. The van der Waals surface area contributed by atoms with Crippen molar-refractivity contribution < 1.29 is 5.11 Å². The summed E-state index contributed by atoms with van der Waals surface area (Å²) in [5.41, 5.74) is 0.783. The molecule has 2 unspecified atom stereocenters. The van der Waals surface area contributed by atoms with Crippen LogP contribution in [0.1, 0.15) is 20.3 Å². The van der Waals surface area contributed by atoms with Crippen molar-refractivity contribution >= 4 is 27.4 Å². The van der Waals surface area contributed by atoms with Crippen molar-refractivity contribution in [3.05, 3.63) is 23.2 Å². The molecule has 92 valence electrons. The number of imidazole rings is 1. The molecule has 0 aliphatic heterocycles. The Morgan fingerprint density at radius 3 is 3.00 bits per heavy atom. The number of aliphatic hydroxyl groups excluding tert-OH is 1. The van der Waals surface area contributed by atoms with Gasteiger partial charge in [0, 0.05) is 24.6 Å². The molecule has 0 amide bonds. The summed E-state index contributed by atoms with van der Waals surface area (Å²) in [6, 6.07) is 0.136. The minimum absolute atomic E-state index is 0.136. The van der Waals surface area contributed by atoms with Crippen molar-refractivity contribution in [3.8, 4) is 0 Å². The van der Waals surface area contributed by atoms with Gasteiger partial charge >= 0.3 is 0 Å². The maximum absolute atomic E-state index is 9.34. The van der Waals surface area contributed by atoms with Gasteiger partial charge < -0.3 is 14.8 Å². The van der Waals surface area contributed by atoms with Gasteiger partial charge in [0.05, 0.1) is 6.10 Å². The lowest BCUT2D eigenvalue weighted by Crippen LogP contribution is -2.21. The van der Waals surface area contributed by atoms with E-state index in [2.05, 4.69) is 31.2 Å². The van der Waals surface area contributed by atoms with E-state index in [0.717, 1.165) is 16.1 Å². The van der Waals surface area contributed by atoms with Crippen LogP contribution < -0.4 is 5.32 Å². The lowest BCUT2D eigenvalue weighted by molar-refractivity contribution is 0.179. The molecule has 2 N–H and O–H groups in total. The van der Waals surface area contributed by atoms with Gasteiger partial charge in [-0.1, -0.05) is 0 Å². The fraction of sp³-hybridized carbons (Fsp3) is 0.455. The van der Waals surface area contributed by atoms with E-state index in [1.807, 2.05) is 23.7 Å². The van der Waals surface area contributed by atoms with Crippen LogP contribution in [0.2, 0.25) is 0 Å². The summed E-state index contributed by atoms with van der Waals surface area (Å²) in [4.78, 5) is 8.61. The number of hydrogen-bond acceptors (Lipinski definition) is 4. The third kappa shape index (κ3) is 2.95. The third-order valence-electron chi connectivity index (χ3n) is 2.42. The van der Waals surface area contributed by atoms with Crippen LogP contribution in [0, 0.1) is 0 Å². The van der Waals surface area contributed by atoms with Crippen molar-refractivity contribution in [2.75, 3.05) is 5.32 Å². The van der Waals surface area contributed by atoms with E-state index in [1.165, 1.54) is 0 Å². The van der Waals surface area contributed by atoms with Crippen LogP contribution in [-0.4, -0.2) is 31.6 Å². The lowest BCUT2D eigenvalue weighted by Gasteiger charge is -2.16. The van der Waals surface area contributed by atoms with E-state index in [4.69, 9.17) is 0 Å². The van der Waals surface area contributed by atoms with Crippen LogP contribution in [0.5, 0.6) is 0 Å². The molecule has 0 bridgehead atoms. The number of rotatable bonds is 4. The molecule has 0 radical (unpaired) electrons. The van der Waals surface area contributed by atoms with E-state index < -0.39 is 0 Å². The van der Waals surface area contributed by atoms with E-state index in [-0.39, 0.29) is 12.1 Å². The molecule has 0 fully saturated rings. The van der Waals surface area contributed by atoms with Gasteiger partial charge in [0.2, 0.25) is 0 Å². The molecule has 5 nitrogen and oxygen atoms in total. The van der Waals surface area contributed by atoms with Crippen molar-refractivity contribution in [2.45, 2.75) is 32.4 Å². The first-order chi connectivity index (χ1) is 8.06. The smallest absolute Gasteiger partial charge is 0.180 e. The minimum Gasteiger partial charge on any atom is -0.393 e. The average Bonchev–Trinajstić information content (AvgIpc) is 2.63. The van der Waals surface area contributed by atoms with Crippen molar-refractivity contribution in [1.82, 2.24) is 14.4 Å². The first kappa shape index (κ1) is 12.3. The first-order valence-electron chi connectivity index (χ1n) is 5.50. The molecule has 6 heteroatoms. The second kappa shape index (κ2) is 5.01. The summed E-state index contributed by atoms with van der Waals surface area (Å²) >= 11 is 3.36. The molecule has 2 atom stereocenters. The Morgan fingerprint density at radius 1 is 1.53 bits per heavy atom. The number of nitrogens with zero attached hydrogens (tertiary/aromatic N) is 3. The van der Waals surface area contributed by atoms with E-state index in [1.54, 1.807) is 13.1 Å². The van der Waals surface area contributed by atoms with Gasteiger partial charge in [-0.05, 0) is 36.2 Å². The lowest BCUT2D eigenvalue weighted by atomic mass is 10.1. The number of fused-ring (bicyclic) bond motifs is 1. The fourth-order valence-corrected chi connectivity index (χ4v) is 2.20. The van der Waals surface area contributed by atoms with E-state index >= 15 is 0 Å². The normalized spacial score (nSPS) is 14.8. The SMILES string of the molecule is CC(O)CC(C)Nc1nc(Br)cn2ccnc12. The Hall–Kier alpha value is -1.14. The minimum atomic E-state index is -0.333. The van der Waals surface area contributed by atoms with Gasteiger partial charge in [-0.25, -0.2) is 9.97 Å². The number of anilines is 1. The zero-order chi connectivity index (χ0) is 12.4. The molecule has 0 aliphatic rings. The molecule has 17 heavy (non-hydrogen) atoms. The average molecular weight is 299 g/mol. The Balaban J connectivity index is 2.25. The topological polar surface area (TPSA) is 62.5 Å². The maximum atomic E-state index is 9.34. The molecule has 0 aromatic carbocycles. The number of halogens is 1. The standard InChI is InChI=1S/C11H15BrN4O/c1-7(5-8(2)17)14-10-11-13-3-4-16(11)6-9(12)15-10/h3-4,6-8,17H,5H2,1-2H3,(H,14,15). The summed E-state index contributed by atoms with van der Waals surface area (Å²) in [7, 11) is 0. The zero-order valence-electron chi connectivity index (χ0n) is 9.76. The highest BCUT2D eigenvalue weighted by Gasteiger charge is 2.11. The van der Waals surface area contributed by atoms with Gasteiger partial charge in [-0.15, -0.1) is 0 Å². The largest absolute Gasteiger partial charge is 0.393 e. The van der Waals surface area contributed by atoms with Crippen LogP contribution >= 0.6 is 15.9 Å². The number of hydrogen-bond donors (Lipinski definition) is 2. The monoisotopic (exact) mass is 298 g/mol. The molecule has 2 rings (SSSR count). The number of nitrogens with one attached hydrogen (secondary N) is 1. The molecule has 0 saturated heterocycles. The van der Waals surface area contributed by atoms with Crippen LogP contribution in [0.4, 0.5) is 5.82 Å². The third-order valence-corrected chi connectivity index (χ3v) is 2.80. The van der Waals surface area contributed by atoms with Gasteiger partial charge in [0.1, 0.15) is 4.60 Å². The van der Waals surface area contributed by atoms with Crippen LogP contribution in [0.15, 0.2) is 23.2 Å². The molecule has 0 aliphatic carbocycles. The quantitative estimate of drug-likeness (QED) is 0.907. The van der Waals surface area contributed by atoms with Crippen molar-refractivity contribution in [3.63, 3.8) is 0 Å². The zero-order valence-corrected chi connectivity index (χ0v) is 11.3. The highest BCUT2D eigenvalue weighted by atomic mass is 79.9. The van der Waals surface area contributed by atoms with Gasteiger partial charge in [-0.3, -0.25) is 0 Å². The highest BCUT2D eigenvalue weighted by Crippen LogP contribution is 2.18. The molecular formula is C11H15BrN4O. The molecule has 0 spiro atoms. The molecule has 2 aromatic rings. The van der Waals surface area contributed by atoms with Crippen molar-refractivity contribution in [1.29, 1.82) is 0 Å². The Kier molecular flexibility index (Phi) is 3.63. The summed E-state index contributed by atoms with van der Waals surface area (Å²) in [6.07, 6.45) is 5.79. The highest BCUT2D eigenvalue weighted by molar-refractivity contribution is 9.10. The maximum Gasteiger partial charge on any atom is 0.180 e. The Labute approximate surface area is 108 Å². The molecule has 2 heterocycles. The number of aliphatic hydroxyl groups is 1. The van der Waals surface area contributed by atoms with E-state index in [0.29, 0.717) is 6.42 Å². The summed E-state index contributed by atoms with van der Waals surface area (Å²) in [5.74, 6) is 0.720. The Morgan fingerprint density at radius 2 is 2.29 bits per heavy atom. The van der Waals surface area contributed by atoms with Crippen LogP contribution in [0.3, 0.4) is 0 Å². The summed E-state index contributed by atoms with van der Waals surface area (Å²) in [5, 5.41) is 12.6.